The van der Waals surface area contributed by atoms with Crippen LogP contribution in [0.15, 0.2) is 26.1 Å². The summed E-state index contributed by atoms with van der Waals surface area (Å²) >= 11 is 14.8. The van der Waals surface area contributed by atoms with Gasteiger partial charge in [-0.1, -0.05) is 30.3 Å². The molecule has 1 atom stereocenters. The third-order valence-electron chi connectivity index (χ3n) is 2.89. The number of nitrogens with zero attached hydrogens (tertiary/aromatic N) is 1. The maximum Gasteiger partial charge on any atom is 0.161 e. The van der Waals surface area contributed by atoms with E-state index in [1.165, 1.54) is 0 Å². The van der Waals surface area contributed by atoms with Crippen LogP contribution in [0.2, 0.25) is 5.02 Å². The third kappa shape index (κ3) is 3.24. The molecule has 98 valence electrons. The molecule has 1 heterocycles. The van der Waals surface area contributed by atoms with E-state index in [2.05, 4.69) is 51.0 Å². The molecule has 2 rings (SSSR count). The van der Waals surface area contributed by atoms with Crippen molar-refractivity contribution in [2.75, 3.05) is 11.1 Å². The summed E-state index contributed by atoms with van der Waals surface area (Å²) in [7, 11) is 0. The van der Waals surface area contributed by atoms with Gasteiger partial charge in [-0.2, -0.15) is 0 Å². The number of halogens is 3. The summed E-state index contributed by atoms with van der Waals surface area (Å²) in [5, 5.41) is 5.01. The van der Waals surface area contributed by atoms with Crippen molar-refractivity contribution in [2.24, 2.45) is 4.99 Å². The summed E-state index contributed by atoms with van der Waals surface area (Å²) in [6.45, 7) is 4.35. The monoisotopic (exact) mass is 410 g/mol. The fraction of sp³-hybridized carbons (Fsp3) is 0.417. The van der Waals surface area contributed by atoms with Crippen LogP contribution in [0.3, 0.4) is 0 Å². The van der Waals surface area contributed by atoms with Crippen molar-refractivity contribution in [1.29, 1.82) is 0 Å². The number of thioether (sulfide) groups is 1. The highest BCUT2D eigenvalue weighted by Gasteiger charge is 2.29. The average Bonchev–Trinajstić information content (AvgIpc) is 2.66. The predicted molar refractivity (Wildman–Crippen MR) is 89.1 cm³/mol. The van der Waals surface area contributed by atoms with E-state index in [1.54, 1.807) is 11.8 Å². The number of benzene rings is 1. The standard InChI is InChI=1S/C12H13Br2ClN2S/c1-3-12(2)6-18-11(17-12)16-10-8(13)4-7(15)5-9(10)14/h4-5H,3,6H2,1-2H3,(H,16,17). The highest BCUT2D eigenvalue weighted by Crippen LogP contribution is 2.37. The van der Waals surface area contributed by atoms with Gasteiger partial charge in [0.15, 0.2) is 5.17 Å². The number of rotatable bonds is 2. The summed E-state index contributed by atoms with van der Waals surface area (Å²) in [5.41, 5.74) is 1.02. The topological polar surface area (TPSA) is 24.4 Å². The van der Waals surface area contributed by atoms with E-state index in [1.807, 2.05) is 12.1 Å². The first kappa shape index (κ1) is 14.7. The zero-order chi connectivity index (χ0) is 13.3. The largest absolute Gasteiger partial charge is 0.333 e. The van der Waals surface area contributed by atoms with Crippen LogP contribution in [0.5, 0.6) is 0 Å². The molecule has 0 fully saturated rings. The lowest BCUT2D eigenvalue weighted by Gasteiger charge is -2.15. The molecule has 0 bridgehead atoms. The number of amidine groups is 1. The van der Waals surface area contributed by atoms with Crippen LogP contribution in [0.1, 0.15) is 20.3 Å². The van der Waals surface area contributed by atoms with Crippen LogP contribution < -0.4 is 5.32 Å². The van der Waals surface area contributed by atoms with E-state index in [-0.39, 0.29) is 5.54 Å². The highest BCUT2D eigenvalue weighted by atomic mass is 79.9. The quantitative estimate of drug-likeness (QED) is 0.689. The minimum absolute atomic E-state index is 0.0539. The number of aliphatic imine (C=N–C) groups is 1. The molecule has 0 radical (unpaired) electrons. The van der Waals surface area contributed by atoms with E-state index in [0.29, 0.717) is 5.02 Å². The van der Waals surface area contributed by atoms with Crippen LogP contribution >= 0.6 is 55.2 Å². The SMILES string of the molecule is CCC1(C)CSC(Nc2c(Br)cc(Cl)cc2Br)=N1. The van der Waals surface area contributed by atoms with Crippen molar-refractivity contribution >= 4 is 66.1 Å². The van der Waals surface area contributed by atoms with Gasteiger partial charge in [0.2, 0.25) is 0 Å². The Labute approximate surface area is 133 Å². The van der Waals surface area contributed by atoms with E-state index in [4.69, 9.17) is 16.6 Å². The molecule has 1 aromatic rings. The van der Waals surface area contributed by atoms with Gasteiger partial charge in [0.05, 0.1) is 11.2 Å². The summed E-state index contributed by atoms with van der Waals surface area (Å²) in [6.07, 6.45) is 1.05. The normalized spacial score (nSPS) is 23.1. The maximum absolute atomic E-state index is 5.98. The van der Waals surface area contributed by atoms with Crippen molar-refractivity contribution in [3.63, 3.8) is 0 Å². The Hall–Kier alpha value is 0.290. The number of nitrogens with one attached hydrogen (secondary N) is 1. The second kappa shape index (κ2) is 5.73. The van der Waals surface area contributed by atoms with E-state index in [9.17, 15) is 0 Å². The molecule has 1 aliphatic heterocycles. The van der Waals surface area contributed by atoms with Crippen LogP contribution in [0.25, 0.3) is 0 Å². The van der Waals surface area contributed by atoms with Crippen molar-refractivity contribution in [2.45, 2.75) is 25.8 Å². The Morgan fingerprint density at radius 1 is 1.44 bits per heavy atom. The zero-order valence-electron chi connectivity index (χ0n) is 10.1. The fourth-order valence-corrected chi connectivity index (χ4v) is 4.59. The van der Waals surface area contributed by atoms with Crippen molar-refractivity contribution < 1.29 is 0 Å². The molecule has 0 saturated heterocycles. The molecule has 2 nitrogen and oxygen atoms in total. The first-order chi connectivity index (χ1) is 8.43. The van der Waals surface area contributed by atoms with E-state index in [0.717, 1.165) is 32.0 Å². The molecular formula is C12H13Br2ClN2S. The molecule has 1 N–H and O–H groups in total. The van der Waals surface area contributed by atoms with Gasteiger partial charge in [0.25, 0.3) is 0 Å². The molecule has 1 aliphatic rings. The van der Waals surface area contributed by atoms with Crippen molar-refractivity contribution in [1.82, 2.24) is 0 Å². The van der Waals surface area contributed by atoms with Gasteiger partial charge in [-0.3, -0.25) is 4.99 Å². The smallest absolute Gasteiger partial charge is 0.161 e. The molecule has 6 heteroatoms. The van der Waals surface area contributed by atoms with Crippen LogP contribution in [-0.4, -0.2) is 16.5 Å². The molecular weight excluding hydrogens is 399 g/mol. The van der Waals surface area contributed by atoms with Crippen LogP contribution in [0.4, 0.5) is 5.69 Å². The summed E-state index contributed by atoms with van der Waals surface area (Å²) in [6, 6.07) is 3.74. The molecule has 1 unspecified atom stereocenters. The lowest BCUT2D eigenvalue weighted by atomic mass is 10.0. The van der Waals surface area contributed by atoms with Gasteiger partial charge in [-0.05, 0) is 57.3 Å². The van der Waals surface area contributed by atoms with E-state index < -0.39 is 0 Å². The molecule has 0 spiro atoms. The Morgan fingerprint density at radius 3 is 2.56 bits per heavy atom. The molecule has 18 heavy (non-hydrogen) atoms. The molecule has 0 saturated carbocycles. The summed E-state index contributed by atoms with van der Waals surface area (Å²) < 4.78 is 1.85. The van der Waals surface area contributed by atoms with Gasteiger partial charge in [0, 0.05) is 19.7 Å². The van der Waals surface area contributed by atoms with Crippen LogP contribution in [0, 0.1) is 0 Å². The third-order valence-corrected chi connectivity index (χ3v) is 5.59. The summed E-state index contributed by atoms with van der Waals surface area (Å²) in [4.78, 5) is 4.73. The van der Waals surface area contributed by atoms with Gasteiger partial charge >= 0.3 is 0 Å². The van der Waals surface area contributed by atoms with Gasteiger partial charge in [-0.25, -0.2) is 0 Å². The Kier molecular flexibility index (Phi) is 4.68. The number of hydrogen-bond donors (Lipinski definition) is 1. The van der Waals surface area contributed by atoms with Gasteiger partial charge in [0.1, 0.15) is 0 Å². The predicted octanol–water partition coefficient (Wildman–Crippen LogP) is 5.55. The fourth-order valence-electron chi connectivity index (χ4n) is 1.55. The average molecular weight is 413 g/mol. The van der Waals surface area contributed by atoms with Crippen LogP contribution in [-0.2, 0) is 0 Å². The van der Waals surface area contributed by atoms with Gasteiger partial charge < -0.3 is 5.32 Å². The lowest BCUT2D eigenvalue weighted by molar-refractivity contribution is 0.523. The molecule has 1 aromatic carbocycles. The Balaban J connectivity index is 2.24. The first-order valence-corrected chi connectivity index (χ1v) is 8.53. The lowest BCUT2D eigenvalue weighted by Crippen LogP contribution is -2.20. The molecule has 0 amide bonds. The van der Waals surface area contributed by atoms with Crippen molar-refractivity contribution in [3.8, 4) is 0 Å². The molecule has 0 aromatic heterocycles. The summed E-state index contributed by atoms with van der Waals surface area (Å²) in [5.74, 6) is 1.02. The van der Waals surface area contributed by atoms with Crippen molar-refractivity contribution in [3.05, 3.63) is 26.1 Å². The first-order valence-electron chi connectivity index (χ1n) is 5.58. The second-order valence-electron chi connectivity index (χ2n) is 4.43. The number of hydrogen-bond acceptors (Lipinski definition) is 3. The second-order valence-corrected chi connectivity index (χ2v) is 7.53. The zero-order valence-corrected chi connectivity index (χ0v) is 14.8. The minimum atomic E-state index is 0.0539. The maximum atomic E-state index is 5.98. The van der Waals surface area contributed by atoms with E-state index >= 15 is 0 Å². The molecule has 0 aliphatic carbocycles. The Morgan fingerprint density at radius 2 is 2.06 bits per heavy atom. The Bertz CT molecular complexity index is 484. The number of anilines is 1. The van der Waals surface area contributed by atoms with Gasteiger partial charge in [-0.15, -0.1) is 0 Å². The minimum Gasteiger partial charge on any atom is -0.333 e. The highest BCUT2D eigenvalue weighted by molar-refractivity contribution is 9.11.